The molecule has 5 nitrogen and oxygen atoms in total. The lowest BCUT2D eigenvalue weighted by atomic mass is 9.92. The van der Waals surface area contributed by atoms with Gasteiger partial charge < -0.3 is 14.7 Å². The highest BCUT2D eigenvalue weighted by Gasteiger charge is 2.45. The summed E-state index contributed by atoms with van der Waals surface area (Å²) in [5.74, 6) is 0.969. The number of aryl methyl sites for hydroxylation is 1. The van der Waals surface area contributed by atoms with Crippen LogP contribution >= 0.6 is 0 Å². The van der Waals surface area contributed by atoms with Crippen LogP contribution in [0.25, 0.3) is 0 Å². The number of amides is 1. The molecule has 2 fully saturated rings. The van der Waals surface area contributed by atoms with E-state index in [-0.39, 0.29) is 5.91 Å². The number of carbonyl (C=O) groups excluding carboxylic acids is 1. The third-order valence-corrected chi connectivity index (χ3v) is 3.24. The SMILES string of the molecule is Cc1cc(C(=O)N2CC3CNCC32)on1. The van der Waals surface area contributed by atoms with Crippen LogP contribution in [0.15, 0.2) is 10.6 Å². The minimum absolute atomic E-state index is 0.0273. The zero-order valence-corrected chi connectivity index (χ0v) is 8.56. The Hall–Kier alpha value is -1.36. The summed E-state index contributed by atoms with van der Waals surface area (Å²) in [4.78, 5) is 13.8. The van der Waals surface area contributed by atoms with Gasteiger partial charge in [0, 0.05) is 31.6 Å². The molecule has 2 aliphatic heterocycles. The number of hydrogen-bond acceptors (Lipinski definition) is 4. The lowest BCUT2D eigenvalue weighted by molar-refractivity contribution is 0.0289. The Kier molecular flexibility index (Phi) is 1.82. The summed E-state index contributed by atoms with van der Waals surface area (Å²) in [6, 6.07) is 2.06. The van der Waals surface area contributed by atoms with Gasteiger partial charge in [-0.2, -0.15) is 0 Å². The molecular formula is C10H13N3O2. The molecule has 5 heteroatoms. The van der Waals surface area contributed by atoms with Crippen molar-refractivity contribution in [2.75, 3.05) is 19.6 Å². The first kappa shape index (κ1) is 8.91. The van der Waals surface area contributed by atoms with Crippen molar-refractivity contribution in [2.24, 2.45) is 5.92 Å². The number of nitrogens with one attached hydrogen (secondary N) is 1. The fourth-order valence-electron chi connectivity index (χ4n) is 2.36. The lowest BCUT2D eigenvalue weighted by Gasteiger charge is -2.43. The van der Waals surface area contributed by atoms with Gasteiger partial charge in [0.2, 0.25) is 5.76 Å². The van der Waals surface area contributed by atoms with Gasteiger partial charge in [0.05, 0.1) is 11.7 Å². The topological polar surface area (TPSA) is 58.4 Å². The molecule has 2 unspecified atom stereocenters. The molecule has 0 aromatic carbocycles. The summed E-state index contributed by atoms with van der Waals surface area (Å²) >= 11 is 0. The zero-order valence-electron chi connectivity index (χ0n) is 8.56. The highest BCUT2D eigenvalue weighted by molar-refractivity contribution is 5.92. The fraction of sp³-hybridized carbons (Fsp3) is 0.600. The van der Waals surface area contributed by atoms with Gasteiger partial charge in [0.15, 0.2) is 0 Å². The molecule has 2 aliphatic rings. The number of rotatable bonds is 1. The number of fused-ring (bicyclic) bond motifs is 1. The number of hydrogen-bond donors (Lipinski definition) is 1. The molecular weight excluding hydrogens is 194 g/mol. The van der Waals surface area contributed by atoms with Gasteiger partial charge >= 0.3 is 0 Å². The maximum atomic E-state index is 11.9. The summed E-state index contributed by atoms with van der Waals surface area (Å²) in [6.45, 7) is 4.60. The van der Waals surface area contributed by atoms with Crippen molar-refractivity contribution in [1.82, 2.24) is 15.4 Å². The Bertz CT molecular complexity index is 401. The number of aromatic nitrogens is 1. The first-order chi connectivity index (χ1) is 7.25. The van der Waals surface area contributed by atoms with Gasteiger partial charge in [-0.1, -0.05) is 5.16 Å². The van der Waals surface area contributed by atoms with Crippen molar-refractivity contribution in [3.63, 3.8) is 0 Å². The van der Waals surface area contributed by atoms with E-state index in [0.29, 0.717) is 17.7 Å². The quantitative estimate of drug-likeness (QED) is 0.705. The average Bonchev–Trinajstić information content (AvgIpc) is 2.74. The highest BCUT2D eigenvalue weighted by Crippen LogP contribution is 2.29. The predicted molar refractivity (Wildman–Crippen MR) is 52.4 cm³/mol. The molecule has 0 spiro atoms. The molecule has 3 heterocycles. The van der Waals surface area contributed by atoms with Crippen molar-refractivity contribution in [2.45, 2.75) is 13.0 Å². The largest absolute Gasteiger partial charge is 0.351 e. The maximum Gasteiger partial charge on any atom is 0.292 e. The van der Waals surface area contributed by atoms with Crippen molar-refractivity contribution in [3.8, 4) is 0 Å². The van der Waals surface area contributed by atoms with Gasteiger partial charge in [-0.15, -0.1) is 0 Å². The second-order valence-corrected chi connectivity index (χ2v) is 4.28. The minimum Gasteiger partial charge on any atom is -0.351 e. The van der Waals surface area contributed by atoms with E-state index < -0.39 is 0 Å². The van der Waals surface area contributed by atoms with Crippen LogP contribution in [0.3, 0.4) is 0 Å². The molecule has 2 atom stereocenters. The van der Waals surface area contributed by atoms with Crippen LogP contribution < -0.4 is 5.32 Å². The summed E-state index contributed by atoms with van der Waals surface area (Å²) in [5, 5.41) is 7.01. The van der Waals surface area contributed by atoms with Crippen LogP contribution in [-0.4, -0.2) is 41.6 Å². The van der Waals surface area contributed by atoms with Crippen molar-refractivity contribution < 1.29 is 9.32 Å². The second kappa shape index (κ2) is 3.06. The van der Waals surface area contributed by atoms with E-state index >= 15 is 0 Å². The molecule has 0 aliphatic carbocycles. The van der Waals surface area contributed by atoms with Gasteiger partial charge in [-0.05, 0) is 6.92 Å². The summed E-state index contributed by atoms with van der Waals surface area (Å²) in [7, 11) is 0. The predicted octanol–water partition coefficient (Wildman–Crippen LogP) is 0.0268. The van der Waals surface area contributed by atoms with E-state index in [2.05, 4.69) is 10.5 Å². The molecule has 2 saturated heterocycles. The monoisotopic (exact) mass is 207 g/mol. The number of carbonyl (C=O) groups is 1. The minimum atomic E-state index is -0.0273. The van der Waals surface area contributed by atoms with Crippen LogP contribution in [0.4, 0.5) is 0 Å². The second-order valence-electron chi connectivity index (χ2n) is 4.28. The van der Waals surface area contributed by atoms with Gasteiger partial charge in [-0.25, -0.2) is 0 Å². The normalized spacial score (nSPS) is 28.7. The molecule has 1 amide bonds. The van der Waals surface area contributed by atoms with Crippen molar-refractivity contribution in [1.29, 1.82) is 0 Å². The third-order valence-electron chi connectivity index (χ3n) is 3.24. The van der Waals surface area contributed by atoms with E-state index in [0.717, 1.165) is 25.3 Å². The molecule has 15 heavy (non-hydrogen) atoms. The molecule has 1 aromatic heterocycles. The third kappa shape index (κ3) is 1.26. The van der Waals surface area contributed by atoms with Crippen molar-refractivity contribution >= 4 is 5.91 Å². The Labute approximate surface area is 87.4 Å². The van der Waals surface area contributed by atoms with Gasteiger partial charge in [0.1, 0.15) is 0 Å². The average molecular weight is 207 g/mol. The molecule has 0 bridgehead atoms. The molecule has 1 N–H and O–H groups in total. The first-order valence-corrected chi connectivity index (χ1v) is 5.20. The van der Waals surface area contributed by atoms with E-state index in [1.807, 2.05) is 11.8 Å². The molecule has 1 aromatic rings. The zero-order chi connectivity index (χ0) is 10.4. The van der Waals surface area contributed by atoms with E-state index in [4.69, 9.17) is 4.52 Å². The molecule has 0 radical (unpaired) electrons. The first-order valence-electron chi connectivity index (χ1n) is 5.20. The Morgan fingerprint density at radius 1 is 1.67 bits per heavy atom. The Balaban J connectivity index is 1.76. The van der Waals surface area contributed by atoms with Crippen LogP contribution in [0.1, 0.15) is 16.2 Å². The molecule has 0 saturated carbocycles. The highest BCUT2D eigenvalue weighted by atomic mass is 16.5. The van der Waals surface area contributed by atoms with Gasteiger partial charge in [0.25, 0.3) is 5.91 Å². The van der Waals surface area contributed by atoms with E-state index in [9.17, 15) is 4.79 Å². The van der Waals surface area contributed by atoms with E-state index in [1.54, 1.807) is 6.07 Å². The number of likely N-dealkylation sites (tertiary alicyclic amines) is 1. The van der Waals surface area contributed by atoms with Crippen LogP contribution in [0, 0.1) is 12.8 Å². The van der Waals surface area contributed by atoms with Gasteiger partial charge in [-0.3, -0.25) is 4.79 Å². The standard InChI is InChI=1S/C10H13N3O2/c1-6-2-9(15-12-6)10(14)13-5-7-3-11-4-8(7)13/h2,7-8,11H,3-5H2,1H3. The smallest absolute Gasteiger partial charge is 0.292 e. The molecule has 3 rings (SSSR count). The van der Waals surface area contributed by atoms with Crippen LogP contribution in [0.5, 0.6) is 0 Å². The maximum absolute atomic E-state index is 11.9. The van der Waals surface area contributed by atoms with E-state index in [1.165, 1.54) is 0 Å². The fourth-order valence-corrected chi connectivity index (χ4v) is 2.36. The summed E-state index contributed by atoms with van der Waals surface area (Å²) < 4.78 is 4.97. The summed E-state index contributed by atoms with van der Waals surface area (Å²) in [6.07, 6.45) is 0. The van der Waals surface area contributed by atoms with Crippen molar-refractivity contribution in [3.05, 3.63) is 17.5 Å². The van der Waals surface area contributed by atoms with Crippen LogP contribution in [-0.2, 0) is 0 Å². The lowest BCUT2D eigenvalue weighted by Crippen LogP contribution is -2.58. The summed E-state index contributed by atoms with van der Waals surface area (Å²) in [5.41, 5.74) is 0.750. The van der Waals surface area contributed by atoms with Crippen LogP contribution in [0.2, 0.25) is 0 Å². The Morgan fingerprint density at radius 3 is 3.20 bits per heavy atom. The molecule has 80 valence electrons. The Morgan fingerprint density at radius 2 is 2.53 bits per heavy atom. The number of nitrogens with zero attached hydrogens (tertiary/aromatic N) is 2.